The number of carbonyl (C=O) groups is 2. The Morgan fingerprint density at radius 1 is 1.14 bits per heavy atom. The topological polar surface area (TPSA) is 84.9 Å². The van der Waals surface area contributed by atoms with Crippen LogP contribution in [0.3, 0.4) is 0 Å². The molecule has 0 aliphatic carbocycles. The first-order valence-corrected chi connectivity index (χ1v) is 6.85. The van der Waals surface area contributed by atoms with Crippen LogP contribution >= 0.6 is 0 Å². The zero-order chi connectivity index (χ0) is 15.5. The van der Waals surface area contributed by atoms with Crippen LogP contribution in [0.2, 0.25) is 0 Å². The van der Waals surface area contributed by atoms with E-state index >= 15 is 0 Å². The predicted molar refractivity (Wildman–Crippen MR) is 78.6 cm³/mol. The van der Waals surface area contributed by atoms with Crippen molar-refractivity contribution in [3.8, 4) is 0 Å². The van der Waals surface area contributed by atoms with Crippen LogP contribution in [0.4, 0.5) is 5.69 Å². The first kappa shape index (κ1) is 17.0. The number of carbonyl (C=O) groups excluding carboxylic acids is 1. The summed E-state index contributed by atoms with van der Waals surface area (Å²) >= 11 is 0. The number of ether oxygens (including phenoxy) is 2. The Morgan fingerprint density at radius 3 is 2.48 bits per heavy atom. The molecule has 0 aliphatic rings. The average molecular weight is 295 g/mol. The van der Waals surface area contributed by atoms with Crippen molar-refractivity contribution >= 4 is 17.6 Å². The molecule has 116 valence electrons. The quantitative estimate of drug-likeness (QED) is 0.508. The number of unbranched alkanes of at least 4 members (excludes halogenated alkanes) is 2. The van der Waals surface area contributed by atoms with E-state index in [2.05, 4.69) is 10.1 Å². The van der Waals surface area contributed by atoms with Gasteiger partial charge in [-0.15, -0.1) is 0 Å². The van der Waals surface area contributed by atoms with Gasteiger partial charge in [0.1, 0.15) is 6.61 Å². The van der Waals surface area contributed by atoms with E-state index in [9.17, 15) is 9.59 Å². The number of anilines is 1. The Morgan fingerprint density at radius 2 is 1.86 bits per heavy atom. The van der Waals surface area contributed by atoms with Gasteiger partial charge in [-0.25, -0.2) is 9.59 Å². The summed E-state index contributed by atoms with van der Waals surface area (Å²) < 4.78 is 9.57. The first-order chi connectivity index (χ1) is 10.1. The maximum absolute atomic E-state index is 11.3. The number of methoxy groups -OCH3 is 1. The van der Waals surface area contributed by atoms with E-state index < -0.39 is 5.97 Å². The second-order valence-electron chi connectivity index (χ2n) is 4.50. The molecule has 1 aromatic rings. The SMILES string of the molecule is COC(=O)c1ccc(NCCCCCOCC(=O)O)cc1. The molecule has 2 N–H and O–H groups in total. The lowest BCUT2D eigenvalue weighted by molar-refractivity contribution is -0.142. The minimum atomic E-state index is -0.938. The Bertz CT molecular complexity index is 444. The molecule has 0 aromatic heterocycles. The molecule has 0 fully saturated rings. The van der Waals surface area contributed by atoms with Gasteiger partial charge in [0.25, 0.3) is 0 Å². The van der Waals surface area contributed by atoms with Crippen LogP contribution in [0.1, 0.15) is 29.6 Å². The van der Waals surface area contributed by atoms with E-state index in [1.165, 1.54) is 7.11 Å². The molecule has 0 saturated heterocycles. The highest BCUT2D eigenvalue weighted by Crippen LogP contribution is 2.10. The van der Waals surface area contributed by atoms with E-state index in [1.54, 1.807) is 12.1 Å². The Labute approximate surface area is 124 Å². The van der Waals surface area contributed by atoms with Crippen LogP contribution in [-0.2, 0) is 14.3 Å². The van der Waals surface area contributed by atoms with Gasteiger partial charge in [0, 0.05) is 18.8 Å². The van der Waals surface area contributed by atoms with Crippen LogP contribution in [0.25, 0.3) is 0 Å². The number of aliphatic carboxylic acids is 1. The Kier molecular flexibility index (Phi) is 7.89. The fourth-order valence-electron chi connectivity index (χ4n) is 1.74. The summed E-state index contributed by atoms with van der Waals surface area (Å²) in [5, 5.41) is 11.6. The third kappa shape index (κ3) is 7.31. The van der Waals surface area contributed by atoms with Crippen molar-refractivity contribution in [3.05, 3.63) is 29.8 Å². The van der Waals surface area contributed by atoms with E-state index in [4.69, 9.17) is 9.84 Å². The van der Waals surface area contributed by atoms with Crippen LogP contribution < -0.4 is 5.32 Å². The fourth-order valence-corrected chi connectivity index (χ4v) is 1.74. The third-order valence-corrected chi connectivity index (χ3v) is 2.83. The third-order valence-electron chi connectivity index (χ3n) is 2.83. The zero-order valence-electron chi connectivity index (χ0n) is 12.1. The largest absolute Gasteiger partial charge is 0.480 e. The van der Waals surface area contributed by atoms with Gasteiger partial charge < -0.3 is 19.9 Å². The summed E-state index contributed by atoms with van der Waals surface area (Å²) in [6.45, 7) is 1.06. The van der Waals surface area contributed by atoms with Gasteiger partial charge in [0.15, 0.2) is 0 Å². The second-order valence-corrected chi connectivity index (χ2v) is 4.50. The first-order valence-electron chi connectivity index (χ1n) is 6.85. The summed E-state index contributed by atoms with van der Waals surface area (Å²) in [6, 6.07) is 7.10. The van der Waals surface area contributed by atoms with Crippen molar-refractivity contribution in [2.75, 3.05) is 32.2 Å². The van der Waals surface area contributed by atoms with Crippen molar-refractivity contribution < 1.29 is 24.2 Å². The Balaban J connectivity index is 2.10. The average Bonchev–Trinajstić information content (AvgIpc) is 2.49. The molecule has 0 aliphatic heterocycles. The number of hydrogen-bond acceptors (Lipinski definition) is 5. The van der Waals surface area contributed by atoms with E-state index in [0.29, 0.717) is 12.2 Å². The number of carboxylic acid groups (broad SMARTS) is 1. The fraction of sp³-hybridized carbons (Fsp3) is 0.467. The molecule has 0 unspecified atom stereocenters. The van der Waals surface area contributed by atoms with Gasteiger partial charge in [-0.1, -0.05) is 0 Å². The molecule has 0 atom stereocenters. The zero-order valence-corrected chi connectivity index (χ0v) is 12.1. The van der Waals surface area contributed by atoms with Crippen molar-refractivity contribution in [3.63, 3.8) is 0 Å². The van der Waals surface area contributed by atoms with Gasteiger partial charge >= 0.3 is 11.9 Å². The maximum atomic E-state index is 11.3. The Hall–Kier alpha value is -2.08. The summed E-state index contributed by atoms with van der Waals surface area (Å²) in [6.07, 6.45) is 2.78. The molecule has 0 saturated carbocycles. The molecule has 6 heteroatoms. The van der Waals surface area contributed by atoms with Crippen molar-refractivity contribution in [2.24, 2.45) is 0 Å². The van der Waals surface area contributed by atoms with Crippen molar-refractivity contribution in [1.29, 1.82) is 0 Å². The number of nitrogens with one attached hydrogen (secondary N) is 1. The molecule has 0 heterocycles. The molecular formula is C15H21NO5. The van der Waals surface area contributed by atoms with E-state index in [-0.39, 0.29) is 12.6 Å². The lowest BCUT2D eigenvalue weighted by Gasteiger charge is -2.07. The van der Waals surface area contributed by atoms with Gasteiger partial charge in [0.2, 0.25) is 0 Å². The predicted octanol–water partition coefficient (Wildman–Crippen LogP) is 2.16. The second kappa shape index (κ2) is 9.77. The van der Waals surface area contributed by atoms with Gasteiger partial charge in [-0.05, 0) is 43.5 Å². The van der Waals surface area contributed by atoms with Crippen LogP contribution in [0.15, 0.2) is 24.3 Å². The lowest BCUT2D eigenvalue weighted by atomic mass is 10.2. The lowest BCUT2D eigenvalue weighted by Crippen LogP contribution is -2.08. The molecular weight excluding hydrogens is 274 g/mol. The minimum Gasteiger partial charge on any atom is -0.480 e. The summed E-state index contributed by atoms with van der Waals surface area (Å²) in [5.41, 5.74) is 1.48. The molecule has 1 rings (SSSR count). The van der Waals surface area contributed by atoms with E-state index in [1.807, 2.05) is 12.1 Å². The molecule has 0 bridgehead atoms. The molecule has 0 amide bonds. The minimum absolute atomic E-state index is 0.231. The van der Waals surface area contributed by atoms with Crippen LogP contribution in [-0.4, -0.2) is 43.9 Å². The highest BCUT2D eigenvalue weighted by Gasteiger charge is 2.03. The molecule has 6 nitrogen and oxygen atoms in total. The molecule has 21 heavy (non-hydrogen) atoms. The number of benzene rings is 1. The number of hydrogen-bond donors (Lipinski definition) is 2. The molecule has 1 aromatic carbocycles. The van der Waals surface area contributed by atoms with Crippen LogP contribution in [0, 0.1) is 0 Å². The highest BCUT2D eigenvalue weighted by atomic mass is 16.5. The number of rotatable bonds is 10. The van der Waals surface area contributed by atoms with Gasteiger partial charge in [0.05, 0.1) is 12.7 Å². The standard InChI is InChI=1S/C15H21NO5/c1-20-15(19)12-5-7-13(8-6-12)16-9-3-2-4-10-21-11-14(17)18/h5-8,16H,2-4,9-11H2,1H3,(H,17,18). The molecule has 0 spiro atoms. The normalized spacial score (nSPS) is 10.1. The summed E-state index contributed by atoms with van der Waals surface area (Å²) in [5.74, 6) is -1.28. The molecule has 0 radical (unpaired) electrons. The smallest absolute Gasteiger partial charge is 0.337 e. The van der Waals surface area contributed by atoms with Crippen molar-refractivity contribution in [1.82, 2.24) is 0 Å². The number of carboxylic acids is 1. The van der Waals surface area contributed by atoms with Gasteiger partial charge in [-0.2, -0.15) is 0 Å². The maximum Gasteiger partial charge on any atom is 0.337 e. The van der Waals surface area contributed by atoms with E-state index in [0.717, 1.165) is 31.5 Å². The van der Waals surface area contributed by atoms with Crippen LogP contribution in [0.5, 0.6) is 0 Å². The van der Waals surface area contributed by atoms with Gasteiger partial charge in [-0.3, -0.25) is 0 Å². The number of esters is 1. The highest BCUT2D eigenvalue weighted by molar-refractivity contribution is 5.89. The monoisotopic (exact) mass is 295 g/mol. The summed E-state index contributed by atoms with van der Waals surface area (Å²) in [4.78, 5) is 21.5. The summed E-state index contributed by atoms with van der Waals surface area (Å²) in [7, 11) is 1.36. The van der Waals surface area contributed by atoms with Crippen molar-refractivity contribution in [2.45, 2.75) is 19.3 Å².